The van der Waals surface area contributed by atoms with Gasteiger partial charge in [0.25, 0.3) is 0 Å². The number of nitrogens with zero attached hydrogens (tertiary/aromatic N) is 1. The monoisotopic (exact) mass is 364 g/mol. The number of esters is 1. The number of benzene rings is 1. The number of carbonyl (C=O) groups is 3. The minimum Gasteiger partial charge on any atom is -0.468 e. The lowest BCUT2D eigenvalue weighted by atomic mass is 10.1. The van der Waals surface area contributed by atoms with Crippen LogP contribution in [-0.4, -0.2) is 48.7 Å². The van der Waals surface area contributed by atoms with Crippen molar-refractivity contribution in [2.24, 2.45) is 0 Å². The molecule has 0 unspecified atom stereocenters. The summed E-state index contributed by atoms with van der Waals surface area (Å²) in [5, 5.41) is 2.54. The second kappa shape index (κ2) is 9.79. The van der Waals surface area contributed by atoms with E-state index in [-0.39, 0.29) is 25.4 Å². The van der Waals surface area contributed by atoms with E-state index in [2.05, 4.69) is 10.1 Å². The molecule has 144 valence electrons. The van der Waals surface area contributed by atoms with Crippen LogP contribution in [-0.2, 0) is 25.6 Å². The fourth-order valence-electron chi connectivity index (χ4n) is 2.19. The average molecular weight is 364 g/mol. The number of amides is 2. The molecular weight excluding hydrogens is 336 g/mol. The summed E-state index contributed by atoms with van der Waals surface area (Å²) in [6.45, 7) is 7.51. The summed E-state index contributed by atoms with van der Waals surface area (Å²) >= 11 is 0. The number of rotatable bonds is 7. The molecule has 0 saturated carbocycles. The number of hydrogen-bond acceptors (Lipinski definition) is 5. The lowest BCUT2D eigenvalue weighted by Gasteiger charge is -2.23. The highest BCUT2D eigenvalue weighted by Gasteiger charge is 2.20. The molecule has 0 spiro atoms. The van der Waals surface area contributed by atoms with Crippen LogP contribution in [0.15, 0.2) is 24.3 Å². The van der Waals surface area contributed by atoms with Crippen LogP contribution < -0.4 is 5.32 Å². The van der Waals surface area contributed by atoms with Gasteiger partial charge in [-0.3, -0.25) is 9.59 Å². The number of nitrogens with one attached hydrogen (secondary N) is 1. The molecule has 26 heavy (non-hydrogen) atoms. The first-order valence-electron chi connectivity index (χ1n) is 8.48. The number of carbonyl (C=O) groups excluding carboxylic acids is 3. The summed E-state index contributed by atoms with van der Waals surface area (Å²) in [5.74, 6) is -0.748. The zero-order chi connectivity index (χ0) is 19.7. The second-order valence-electron chi connectivity index (χ2n) is 6.93. The maximum Gasteiger partial charge on any atom is 0.407 e. The van der Waals surface area contributed by atoms with E-state index in [1.807, 2.05) is 31.2 Å². The Morgan fingerprint density at radius 1 is 1.15 bits per heavy atom. The standard InChI is InChI=1S/C19H28N2O5/c1-14-8-6-7-9-15(14)12-21(13-17(23)25-5)16(22)10-11-20-18(24)26-19(2,3)4/h6-9H,10-13H2,1-5H3,(H,20,24). The minimum atomic E-state index is -0.601. The highest BCUT2D eigenvalue weighted by Crippen LogP contribution is 2.12. The SMILES string of the molecule is COC(=O)CN(Cc1ccccc1C)C(=O)CCNC(=O)OC(C)(C)C. The third-order valence-corrected chi connectivity index (χ3v) is 3.53. The van der Waals surface area contributed by atoms with Gasteiger partial charge in [-0.15, -0.1) is 0 Å². The van der Waals surface area contributed by atoms with Crippen molar-refractivity contribution in [3.05, 3.63) is 35.4 Å². The number of ether oxygens (including phenoxy) is 2. The molecule has 0 atom stereocenters. The Hall–Kier alpha value is -2.57. The van der Waals surface area contributed by atoms with Crippen molar-refractivity contribution >= 4 is 18.0 Å². The van der Waals surface area contributed by atoms with E-state index < -0.39 is 17.7 Å². The maximum atomic E-state index is 12.5. The van der Waals surface area contributed by atoms with E-state index >= 15 is 0 Å². The van der Waals surface area contributed by atoms with Gasteiger partial charge in [0, 0.05) is 19.5 Å². The molecule has 1 aromatic carbocycles. The van der Waals surface area contributed by atoms with Crippen molar-refractivity contribution in [3.63, 3.8) is 0 Å². The van der Waals surface area contributed by atoms with E-state index in [0.29, 0.717) is 6.54 Å². The lowest BCUT2D eigenvalue weighted by molar-refractivity contribution is -0.147. The van der Waals surface area contributed by atoms with Gasteiger partial charge in [0.1, 0.15) is 12.1 Å². The van der Waals surface area contributed by atoms with Crippen molar-refractivity contribution in [1.82, 2.24) is 10.2 Å². The van der Waals surface area contributed by atoms with Gasteiger partial charge in [-0.1, -0.05) is 24.3 Å². The molecule has 0 saturated heterocycles. The Bertz CT molecular complexity index is 637. The van der Waals surface area contributed by atoms with Crippen LogP contribution >= 0.6 is 0 Å². The van der Waals surface area contributed by atoms with Crippen LogP contribution in [0.3, 0.4) is 0 Å². The van der Waals surface area contributed by atoms with Crippen molar-refractivity contribution in [3.8, 4) is 0 Å². The van der Waals surface area contributed by atoms with Crippen LogP contribution in [0, 0.1) is 6.92 Å². The third-order valence-electron chi connectivity index (χ3n) is 3.53. The van der Waals surface area contributed by atoms with Crippen molar-refractivity contribution < 1.29 is 23.9 Å². The van der Waals surface area contributed by atoms with Crippen LogP contribution in [0.25, 0.3) is 0 Å². The molecule has 1 rings (SSSR count). The summed E-state index contributed by atoms with van der Waals surface area (Å²) < 4.78 is 9.80. The highest BCUT2D eigenvalue weighted by atomic mass is 16.6. The molecule has 0 aliphatic carbocycles. The predicted molar refractivity (Wildman–Crippen MR) is 97.5 cm³/mol. The van der Waals surface area contributed by atoms with Gasteiger partial charge >= 0.3 is 12.1 Å². The zero-order valence-corrected chi connectivity index (χ0v) is 16.1. The number of hydrogen-bond donors (Lipinski definition) is 1. The summed E-state index contributed by atoms with van der Waals surface area (Å²) in [7, 11) is 1.28. The Balaban J connectivity index is 2.65. The van der Waals surface area contributed by atoms with Crippen LogP contribution in [0.5, 0.6) is 0 Å². The lowest BCUT2D eigenvalue weighted by Crippen LogP contribution is -2.39. The Morgan fingerprint density at radius 3 is 2.38 bits per heavy atom. The maximum absolute atomic E-state index is 12.5. The van der Waals surface area contributed by atoms with Gasteiger partial charge in [0.05, 0.1) is 7.11 Å². The predicted octanol–water partition coefficient (Wildman–Crippen LogP) is 2.41. The van der Waals surface area contributed by atoms with Gasteiger partial charge < -0.3 is 19.7 Å². The molecule has 0 aromatic heterocycles. The fourth-order valence-corrected chi connectivity index (χ4v) is 2.19. The van der Waals surface area contributed by atoms with Crippen LogP contribution in [0.1, 0.15) is 38.3 Å². The zero-order valence-electron chi connectivity index (χ0n) is 16.1. The van der Waals surface area contributed by atoms with Gasteiger partial charge in [-0.2, -0.15) is 0 Å². The van der Waals surface area contributed by atoms with Crippen molar-refractivity contribution in [2.45, 2.75) is 46.3 Å². The molecule has 0 radical (unpaired) electrons. The summed E-state index contributed by atoms with van der Waals surface area (Å²) in [4.78, 5) is 37.2. The first kappa shape index (κ1) is 21.5. The van der Waals surface area contributed by atoms with Gasteiger partial charge in [0.2, 0.25) is 5.91 Å². The van der Waals surface area contributed by atoms with E-state index in [1.165, 1.54) is 12.0 Å². The smallest absolute Gasteiger partial charge is 0.407 e. The van der Waals surface area contributed by atoms with Crippen LogP contribution in [0.2, 0.25) is 0 Å². The molecule has 1 N–H and O–H groups in total. The Kier molecular flexibility index (Phi) is 8.09. The normalized spacial score (nSPS) is 10.8. The molecular formula is C19H28N2O5. The topological polar surface area (TPSA) is 84.9 Å². The minimum absolute atomic E-state index is 0.0577. The van der Waals surface area contributed by atoms with Gasteiger partial charge in [-0.05, 0) is 38.8 Å². The van der Waals surface area contributed by atoms with Gasteiger partial charge in [0.15, 0.2) is 0 Å². The molecule has 7 heteroatoms. The number of alkyl carbamates (subject to hydrolysis) is 1. The number of aryl methyl sites for hydroxylation is 1. The third kappa shape index (κ3) is 8.00. The van der Waals surface area contributed by atoms with E-state index in [1.54, 1.807) is 20.8 Å². The van der Waals surface area contributed by atoms with Gasteiger partial charge in [-0.25, -0.2) is 4.79 Å². The fraction of sp³-hybridized carbons (Fsp3) is 0.526. The number of methoxy groups -OCH3 is 1. The molecule has 0 bridgehead atoms. The highest BCUT2D eigenvalue weighted by molar-refractivity contribution is 5.82. The molecule has 0 aliphatic heterocycles. The van der Waals surface area contributed by atoms with Crippen LogP contribution in [0.4, 0.5) is 4.79 Å². The molecule has 7 nitrogen and oxygen atoms in total. The second-order valence-corrected chi connectivity index (χ2v) is 6.93. The molecule has 1 aromatic rings. The van der Waals surface area contributed by atoms with Crippen molar-refractivity contribution in [1.29, 1.82) is 0 Å². The average Bonchev–Trinajstić information content (AvgIpc) is 2.54. The molecule has 2 amide bonds. The molecule has 0 aliphatic rings. The molecule has 0 fully saturated rings. The first-order valence-corrected chi connectivity index (χ1v) is 8.48. The largest absolute Gasteiger partial charge is 0.468 e. The van der Waals surface area contributed by atoms with E-state index in [0.717, 1.165) is 11.1 Å². The summed E-state index contributed by atoms with van der Waals surface area (Å²) in [6, 6.07) is 7.65. The van der Waals surface area contributed by atoms with Crippen molar-refractivity contribution in [2.75, 3.05) is 20.2 Å². The Morgan fingerprint density at radius 2 is 1.81 bits per heavy atom. The van der Waals surface area contributed by atoms with E-state index in [9.17, 15) is 14.4 Å². The first-order chi connectivity index (χ1) is 12.1. The summed E-state index contributed by atoms with van der Waals surface area (Å²) in [5.41, 5.74) is 1.38. The molecule has 0 heterocycles. The van der Waals surface area contributed by atoms with E-state index in [4.69, 9.17) is 4.74 Å². The Labute approximate surface area is 154 Å². The summed E-state index contributed by atoms with van der Waals surface area (Å²) in [6.07, 6.45) is -0.522. The quantitative estimate of drug-likeness (QED) is 0.751.